The minimum Gasteiger partial charge on any atom is -0.395 e. The first-order valence-electron chi connectivity index (χ1n) is 3.58. The van der Waals surface area contributed by atoms with Gasteiger partial charge in [0, 0.05) is 0 Å². The fraction of sp³-hybridized carbons (Fsp3) is 1.00. The van der Waals surface area contributed by atoms with E-state index in [0.717, 1.165) is 0 Å². The van der Waals surface area contributed by atoms with Crippen LogP contribution in [0.2, 0.25) is 0 Å². The summed E-state index contributed by atoms with van der Waals surface area (Å²) in [6.45, 7) is 1.92. The van der Waals surface area contributed by atoms with Crippen LogP contribution < -0.4 is 0 Å². The van der Waals surface area contributed by atoms with Crippen molar-refractivity contribution >= 4 is 0 Å². The second kappa shape index (κ2) is 4.66. The summed E-state index contributed by atoms with van der Waals surface area (Å²) >= 11 is 0. The van der Waals surface area contributed by atoms with E-state index < -0.39 is 6.10 Å². The molecule has 10 heavy (non-hydrogen) atoms. The Morgan fingerprint density at radius 1 is 1.40 bits per heavy atom. The van der Waals surface area contributed by atoms with E-state index in [1.807, 2.05) is 25.9 Å². The molecule has 0 aliphatic carbocycles. The van der Waals surface area contributed by atoms with E-state index in [-0.39, 0.29) is 12.6 Å². The molecule has 0 saturated carbocycles. The molecule has 0 spiro atoms. The van der Waals surface area contributed by atoms with Gasteiger partial charge in [0.15, 0.2) is 0 Å². The second-order valence-corrected chi connectivity index (χ2v) is 2.69. The molecule has 0 rings (SSSR count). The van der Waals surface area contributed by atoms with Crippen LogP contribution in [0.4, 0.5) is 0 Å². The molecule has 0 aliphatic heterocycles. The van der Waals surface area contributed by atoms with E-state index in [0.29, 0.717) is 6.42 Å². The van der Waals surface area contributed by atoms with Crippen molar-refractivity contribution in [1.82, 2.24) is 4.90 Å². The van der Waals surface area contributed by atoms with Crippen molar-refractivity contribution in [3.8, 4) is 0 Å². The monoisotopic (exact) mass is 147 g/mol. The average molecular weight is 147 g/mol. The molecule has 1 unspecified atom stereocenters. The van der Waals surface area contributed by atoms with Gasteiger partial charge in [0.25, 0.3) is 0 Å². The Bertz CT molecular complexity index is 85.7. The first kappa shape index (κ1) is 9.88. The van der Waals surface area contributed by atoms with Crippen LogP contribution in [-0.2, 0) is 0 Å². The third kappa shape index (κ3) is 2.64. The van der Waals surface area contributed by atoms with Gasteiger partial charge in [-0.1, -0.05) is 6.92 Å². The number of likely N-dealkylation sites (N-methyl/N-ethyl adjacent to an activating group) is 1. The first-order chi connectivity index (χ1) is 4.63. The van der Waals surface area contributed by atoms with Crippen LogP contribution in [0.25, 0.3) is 0 Å². The number of rotatable bonds is 4. The lowest BCUT2D eigenvalue weighted by Gasteiger charge is -2.26. The van der Waals surface area contributed by atoms with Gasteiger partial charge in [-0.2, -0.15) is 0 Å². The SMILES string of the molecule is CCC(O)[C@H](CO)N(C)C. The summed E-state index contributed by atoms with van der Waals surface area (Å²) in [5.74, 6) is 0. The minimum atomic E-state index is -0.417. The zero-order valence-corrected chi connectivity index (χ0v) is 6.91. The van der Waals surface area contributed by atoms with E-state index in [4.69, 9.17) is 5.11 Å². The highest BCUT2D eigenvalue weighted by atomic mass is 16.3. The van der Waals surface area contributed by atoms with Gasteiger partial charge in [-0.15, -0.1) is 0 Å². The normalized spacial score (nSPS) is 17.4. The van der Waals surface area contributed by atoms with E-state index >= 15 is 0 Å². The van der Waals surface area contributed by atoms with Gasteiger partial charge in [-0.05, 0) is 20.5 Å². The highest BCUT2D eigenvalue weighted by molar-refractivity contribution is 4.72. The molecule has 0 fully saturated rings. The summed E-state index contributed by atoms with van der Waals surface area (Å²) < 4.78 is 0. The average Bonchev–Trinajstić information content (AvgIpc) is 1.88. The van der Waals surface area contributed by atoms with Gasteiger partial charge >= 0.3 is 0 Å². The van der Waals surface area contributed by atoms with Crippen LogP contribution in [0.3, 0.4) is 0 Å². The van der Waals surface area contributed by atoms with E-state index in [9.17, 15) is 5.11 Å². The lowest BCUT2D eigenvalue weighted by atomic mass is 10.1. The molecular weight excluding hydrogens is 130 g/mol. The van der Waals surface area contributed by atoms with Crippen molar-refractivity contribution in [2.45, 2.75) is 25.5 Å². The Balaban J connectivity index is 3.80. The van der Waals surface area contributed by atoms with Crippen LogP contribution in [0.1, 0.15) is 13.3 Å². The molecule has 0 aromatic rings. The number of hydrogen-bond acceptors (Lipinski definition) is 3. The van der Waals surface area contributed by atoms with E-state index in [1.165, 1.54) is 0 Å². The predicted octanol–water partition coefficient (Wildman–Crippen LogP) is -0.320. The maximum absolute atomic E-state index is 9.29. The van der Waals surface area contributed by atoms with Crippen molar-refractivity contribution in [1.29, 1.82) is 0 Å². The van der Waals surface area contributed by atoms with Crippen molar-refractivity contribution in [3.63, 3.8) is 0 Å². The number of aliphatic hydroxyl groups is 2. The molecule has 0 radical (unpaired) electrons. The molecule has 0 aromatic carbocycles. The lowest BCUT2D eigenvalue weighted by Crippen LogP contribution is -2.41. The second-order valence-electron chi connectivity index (χ2n) is 2.69. The number of nitrogens with zero attached hydrogens (tertiary/aromatic N) is 1. The van der Waals surface area contributed by atoms with Crippen LogP contribution >= 0.6 is 0 Å². The molecular formula is C7H17NO2. The zero-order chi connectivity index (χ0) is 8.15. The molecule has 0 amide bonds. The van der Waals surface area contributed by atoms with Crippen LogP contribution in [0.15, 0.2) is 0 Å². The summed E-state index contributed by atoms with van der Waals surface area (Å²) in [5, 5.41) is 18.1. The fourth-order valence-electron chi connectivity index (χ4n) is 0.901. The van der Waals surface area contributed by atoms with Crippen molar-refractivity contribution in [3.05, 3.63) is 0 Å². The van der Waals surface area contributed by atoms with E-state index in [2.05, 4.69) is 0 Å². The van der Waals surface area contributed by atoms with Crippen molar-refractivity contribution in [2.24, 2.45) is 0 Å². The molecule has 3 heteroatoms. The van der Waals surface area contributed by atoms with Gasteiger partial charge in [-0.25, -0.2) is 0 Å². The van der Waals surface area contributed by atoms with Crippen LogP contribution in [0.5, 0.6) is 0 Å². The summed E-state index contributed by atoms with van der Waals surface area (Å²) in [6.07, 6.45) is 0.267. The standard InChI is InChI=1S/C7H17NO2/c1-4-7(10)6(5-9)8(2)3/h6-7,9-10H,4-5H2,1-3H3/t6-,7?/m0/s1. The molecule has 2 N–H and O–H groups in total. The molecule has 0 aromatic heterocycles. The molecule has 0 aliphatic rings. The van der Waals surface area contributed by atoms with Crippen LogP contribution in [-0.4, -0.2) is 48.0 Å². The number of aliphatic hydroxyl groups excluding tert-OH is 2. The maximum Gasteiger partial charge on any atom is 0.0714 e. The van der Waals surface area contributed by atoms with Crippen molar-refractivity contribution < 1.29 is 10.2 Å². The number of hydrogen-bond donors (Lipinski definition) is 2. The summed E-state index contributed by atoms with van der Waals surface area (Å²) in [7, 11) is 3.69. The third-order valence-corrected chi connectivity index (χ3v) is 1.71. The van der Waals surface area contributed by atoms with Gasteiger partial charge < -0.3 is 15.1 Å². The largest absolute Gasteiger partial charge is 0.395 e. The predicted molar refractivity (Wildman–Crippen MR) is 40.9 cm³/mol. The Morgan fingerprint density at radius 3 is 2.00 bits per heavy atom. The van der Waals surface area contributed by atoms with Gasteiger partial charge in [0.2, 0.25) is 0 Å². The fourth-order valence-corrected chi connectivity index (χ4v) is 0.901. The van der Waals surface area contributed by atoms with Gasteiger partial charge in [0.05, 0.1) is 18.8 Å². The smallest absolute Gasteiger partial charge is 0.0714 e. The first-order valence-corrected chi connectivity index (χ1v) is 3.58. The third-order valence-electron chi connectivity index (χ3n) is 1.71. The topological polar surface area (TPSA) is 43.7 Å². The molecule has 62 valence electrons. The van der Waals surface area contributed by atoms with Crippen LogP contribution in [0, 0.1) is 0 Å². The Labute approximate surface area is 62.3 Å². The minimum absolute atomic E-state index is 0.0159. The molecule has 0 heterocycles. The maximum atomic E-state index is 9.29. The molecule has 2 atom stereocenters. The summed E-state index contributed by atoms with van der Waals surface area (Å²) in [4.78, 5) is 1.83. The zero-order valence-electron chi connectivity index (χ0n) is 6.91. The lowest BCUT2D eigenvalue weighted by molar-refractivity contribution is 0.0377. The van der Waals surface area contributed by atoms with Crippen molar-refractivity contribution in [2.75, 3.05) is 20.7 Å². The van der Waals surface area contributed by atoms with E-state index in [1.54, 1.807) is 0 Å². The highest BCUT2D eigenvalue weighted by Gasteiger charge is 2.17. The van der Waals surface area contributed by atoms with Gasteiger partial charge in [-0.3, -0.25) is 0 Å². The Morgan fingerprint density at radius 2 is 1.90 bits per heavy atom. The molecule has 0 bridgehead atoms. The highest BCUT2D eigenvalue weighted by Crippen LogP contribution is 2.02. The molecule has 0 saturated heterocycles. The van der Waals surface area contributed by atoms with Gasteiger partial charge in [0.1, 0.15) is 0 Å². The molecule has 3 nitrogen and oxygen atoms in total. The Hall–Kier alpha value is -0.120. The summed E-state index contributed by atoms with van der Waals surface area (Å²) in [5.41, 5.74) is 0. The quantitative estimate of drug-likeness (QED) is 0.573. The Kier molecular flexibility index (Phi) is 4.60. The summed E-state index contributed by atoms with van der Waals surface area (Å²) in [6, 6.07) is -0.120.